The lowest BCUT2D eigenvalue weighted by molar-refractivity contribution is -0.137. The lowest BCUT2D eigenvalue weighted by Gasteiger charge is -2.12. The van der Waals surface area contributed by atoms with Gasteiger partial charge in [0.05, 0.1) is 6.42 Å². The molecule has 0 saturated heterocycles. The predicted molar refractivity (Wildman–Crippen MR) is 57.6 cm³/mol. The Hall–Kier alpha value is -1.13. The maximum Gasteiger partial charge on any atom is 0.305 e. The van der Waals surface area contributed by atoms with Gasteiger partial charge >= 0.3 is 5.97 Å². The Bertz CT molecular complexity index is 357. The quantitative estimate of drug-likeness (QED) is 0.840. The molecule has 0 aliphatic heterocycles. The number of halogens is 2. The van der Waals surface area contributed by atoms with Gasteiger partial charge in [0.1, 0.15) is 5.82 Å². The molecule has 15 heavy (non-hydrogen) atoms. The first-order chi connectivity index (χ1) is 6.50. The smallest absolute Gasteiger partial charge is 0.305 e. The zero-order chi connectivity index (χ0) is 10.7. The molecule has 0 saturated carbocycles. The van der Waals surface area contributed by atoms with Crippen LogP contribution in [0.1, 0.15) is 23.6 Å². The fourth-order valence-electron chi connectivity index (χ4n) is 1.31. The molecule has 1 aromatic rings. The maximum absolute atomic E-state index is 12.8. The molecule has 0 spiro atoms. The number of benzene rings is 1. The summed E-state index contributed by atoms with van der Waals surface area (Å²) in [5.74, 6) is -1.38. The van der Waals surface area contributed by atoms with Gasteiger partial charge in [0.25, 0.3) is 0 Å². The van der Waals surface area contributed by atoms with Crippen molar-refractivity contribution in [1.29, 1.82) is 0 Å². The van der Waals surface area contributed by atoms with Crippen molar-refractivity contribution in [3.05, 3.63) is 35.1 Å². The number of hydrogen-bond donors (Lipinski definition) is 2. The summed E-state index contributed by atoms with van der Waals surface area (Å²) in [6.45, 7) is 1.77. The third kappa shape index (κ3) is 3.85. The molecule has 1 rings (SSSR count). The van der Waals surface area contributed by atoms with Crippen molar-refractivity contribution in [3.63, 3.8) is 0 Å². The fourth-order valence-corrected chi connectivity index (χ4v) is 1.31. The highest BCUT2D eigenvalue weighted by Crippen LogP contribution is 2.19. The molecule has 84 valence electrons. The summed E-state index contributed by atoms with van der Waals surface area (Å²) < 4.78 is 12.8. The normalized spacial score (nSPS) is 11.7. The van der Waals surface area contributed by atoms with Gasteiger partial charge in [-0.2, -0.15) is 0 Å². The molecule has 1 atom stereocenters. The van der Waals surface area contributed by atoms with Crippen molar-refractivity contribution in [2.75, 3.05) is 0 Å². The SMILES string of the molecule is Cc1ccc(F)cc1C(N)CC(=O)O.Cl. The first-order valence-corrected chi connectivity index (χ1v) is 4.24. The highest BCUT2D eigenvalue weighted by Gasteiger charge is 2.13. The van der Waals surface area contributed by atoms with Crippen LogP contribution < -0.4 is 5.73 Å². The van der Waals surface area contributed by atoms with Crippen molar-refractivity contribution in [1.82, 2.24) is 0 Å². The monoisotopic (exact) mass is 233 g/mol. The zero-order valence-electron chi connectivity index (χ0n) is 8.24. The van der Waals surface area contributed by atoms with Gasteiger partial charge in [0.2, 0.25) is 0 Å². The molecule has 0 bridgehead atoms. The molecule has 0 fully saturated rings. The summed E-state index contributed by atoms with van der Waals surface area (Å²) >= 11 is 0. The third-order valence-electron chi connectivity index (χ3n) is 2.04. The number of nitrogens with two attached hydrogens (primary N) is 1. The minimum atomic E-state index is -0.985. The lowest BCUT2D eigenvalue weighted by atomic mass is 9.99. The molecule has 0 aliphatic rings. The number of carboxylic acid groups (broad SMARTS) is 1. The average Bonchev–Trinajstić information content (AvgIpc) is 2.08. The molecule has 5 heteroatoms. The molecule has 1 aromatic carbocycles. The van der Waals surface area contributed by atoms with Crippen LogP contribution in [0.4, 0.5) is 4.39 Å². The molecule has 0 aromatic heterocycles. The predicted octanol–water partition coefficient (Wildman–Crippen LogP) is 2.03. The minimum absolute atomic E-state index is 0. The Balaban J connectivity index is 0.00000196. The average molecular weight is 234 g/mol. The van der Waals surface area contributed by atoms with Crippen LogP contribution in [0.25, 0.3) is 0 Å². The van der Waals surface area contributed by atoms with Gasteiger partial charge in [-0.3, -0.25) is 4.79 Å². The second-order valence-corrected chi connectivity index (χ2v) is 3.21. The number of hydrogen-bond acceptors (Lipinski definition) is 2. The van der Waals surface area contributed by atoms with E-state index in [-0.39, 0.29) is 18.8 Å². The van der Waals surface area contributed by atoms with E-state index in [1.807, 2.05) is 0 Å². The lowest BCUT2D eigenvalue weighted by Crippen LogP contribution is -2.16. The van der Waals surface area contributed by atoms with E-state index in [4.69, 9.17) is 10.8 Å². The third-order valence-corrected chi connectivity index (χ3v) is 2.04. The molecule has 0 radical (unpaired) electrons. The Kier molecular flexibility index (Phi) is 5.25. The summed E-state index contributed by atoms with van der Waals surface area (Å²) in [5, 5.41) is 8.53. The van der Waals surface area contributed by atoms with Crippen LogP contribution in [0.15, 0.2) is 18.2 Å². The Labute approximate surface area is 93.5 Å². The summed E-state index contributed by atoms with van der Waals surface area (Å²) in [6, 6.07) is 3.55. The first-order valence-electron chi connectivity index (χ1n) is 4.24. The van der Waals surface area contributed by atoms with Gasteiger partial charge < -0.3 is 10.8 Å². The van der Waals surface area contributed by atoms with Crippen molar-refractivity contribution < 1.29 is 14.3 Å². The van der Waals surface area contributed by atoms with E-state index in [9.17, 15) is 9.18 Å². The minimum Gasteiger partial charge on any atom is -0.481 e. The summed E-state index contributed by atoms with van der Waals surface area (Å²) in [5.41, 5.74) is 6.97. The van der Waals surface area contributed by atoms with Crippen molar-refractivity contribution in [3.8, 4) is 0 Å². The highest BCUT2D eigenvalue weighted by molar-refractivity contribution is 5.85. The van der Waals surface area contributed by atoms with Crippen LogP contribution in [-0.2, 0) is 4.79 Å². The van der Waals surface area contributed by atoms with Crippen LogP contribution in [-0.4, -0.2) is 11.1 Å². The second kappa shape index (κ2) is 5.68. The molecule has 3 N–H and O–H groups in total. The van der Waals surface area contributed by atoms with Gasteiger partial charge in [-0.1, -0.05) is 6.07 Å². The second-order valence-electron chi connectivity index (χ2n) is 3.21. The van der Waals surface area contributed by atoms with E-state index < -0.39 is 17.8 Å². The highest BCUT2D eigenvalue weighted by atomic mass is 35.5. The topological polar surface area (TPSA) is 63.3 Å². The van der Waals surface area contributed by atoms with Crippen molar-refractivity contribution in [2.24, 2.45) is 5.73 Å². The molecule has 0 aliphatic carbocycles. The fraction of sp³-hybridized carbons (Fsp3) is 0.300. The van der Waals surface area contributed by atoms with Crippen LogP contribution in [0.2, 0.25) is 0 Å². The Morgan fingerprint density at radius 1 is 1.60 bits per heavy atom. The molecule has 0 amide bonds. The summed E-state index contributed by atoms with van der Waals surface area (Å²) in [6.07, 6.45) is -0.190. The van der Waals surface area contributed by atoms with Gasteiger partial charge in [-0.05, 0) is 30.2 Å². The first kappa shape index (κ1) is 13.9. The molecular formula is C10H13ClFNO2. The Morgan fingerprint density at radius 3 is 2.73 bits per heavy atom. The van der Waals surface area contributed by atoms with Crippen LogP contribution in [0.5, 0.6) is 0 Å². The largest absolute Gasteiger partial charge is 0.481 e. The number of carbonyl (C=O) groups is 1. The van der Waals surface area contributed by atoms with Gasteiger partial charge in [-0.25, -0.2) is 4.39 Å². The van der Waals surface area contributed by atoms with E-state index in [0.29, 0.717) is 5.56 Å². The number of rotatable bonds is 3. The van der Waals surface area contributed by atoms with Crippen LogP contribution >= 0.6 is 12.4 Å². The van der Waals surface area contributed by atoms with Crippen molar-refractivity contribution in [2.45, 2.75) is 19.4 Å². The number of carboxylic acids is 1. The van der Waals surface area contributed by atoms with E-state index in [2.05, 4.69) is 0 Å². The van der Waals surface area contributed by atoms with E-state index in [1.54, 1.807) is 13.0 Å². The molecule has 3 nitrogen and oxygen atoms in total. The standard InChI is InChI=1S/C10H12FNO2.ClH/c1-6-2-3-7(11)4-8(6)9(12)5-10(13)14;/h2-4,9H,5,12H2,1H3,(H,13,14);1H. The molecular weight excluding hydrogens is 221 g/mol. The number of aliphatic carboxylic acids is 1. The van der Waals surface area contributed by atoms with Crippen LogP contribution in [0, 0.1) is 12.7 Å². The van der Waals surface area contributed by atoms with Gasteiger partial charge in [-0.15, -0.1) is 12.4 Å². The maximum atomic E-state index is 12.8. The van der Waals surface area contributed by atoms with E-state index >= 15 is 0 Å². The van der Waals surface area contributed by atoms with Gasteiger partial charge in [0, 0.05) is 6.04 Å². The van der Waals surface area contributed by atoms with Crippen molar-refractivity contribution >= 4 is 18.4 Å². The Morgan fingerprint density at radius 2 is 2.20 bits per heavy atom. The van der Waals surface area contributed by atoms with E-state index in [1.165, 1.54) is 12.1 Å². The molecule has 0 heterocycles. The molecule has 1 unspecified atom stereocenters. The zero-order valence-corrected chi connectivity index (χ0v) is 9.05. The van der Waals surface area contributed by atoms with E-state index in [0.717, 1.165) is 5.56 Å². The number of aryl methyl sites for hydroxylation is 1. The summed E-state index contributed by atoms with van der Waals surface area (Å²) in [7, 11) is 0. The summed E-state index contributed by atoms with van der Waals surface area (Å²) in [4.78, 5) is 10.4. The van der Waals surface area contributed by atoms with Gasteiger partial charge in [0.15, 0.2) is 0 Å². The van der Waals surface area contributed by atoms with Crippen LogP contribution in [0.3, 0.4) is 0 Å².